The molecule has 1 fully saturated rings. The number of rotatable bonds is 5. The van der Waals surface area contributed by atoms with Crippen molar-refractivity contribution in [3.8, 4) is 11.4 Å². The number of nitrogens with zero attached hydrogens (tertiary/aromatic N) is 4. The summed E-state index contributed by atoms with van der Waals surface area (Å²) in [5, 5.41) is 4.79. The molecule has 2 heterocycles. The SMILES string of the molecule is C=CCn1c(-c2ccccc2)nn(CN2C[C@@H](C)O[C@H](C)C2)c1=S. The molecule has 0 radical (unpaired) electrons. The molecule has 0 saturated carbocycles. The largest absolute Gasteiger partial charge is 0.373 e. The first kappa shape index (κ1) is 17.1. The van der Waals surface area contributed by atoms with Crippen molar-refractivity contribution in [1.82, 2.24) is 19.2 Å². The molecule has 1 saturated heterocycles. The van der Waals surface area contributed by atoms with Crippen LogP contribution in [0.1, 0.15) is 13.8 Å². The molecule has 0 amide bonds. The van der Waals surface area contributed by atoms with E-state index in [1.54, 1.807) is 0 Å². The first-order chi connectivity index (χ1) is 11.6. The summed E-state index contributed by atoms with van der Waals surface area (Å²) in [6, 6.07) is 10.1. The fourth-order valence-electron chi connectivity index (χ4n) is 3.22. The number of morpholine rings is 1. The Kier molecular flexibility index (Phi) is 5.28. The molecular formula is C18H24N4OS. The van der Waals surface area contributed by atoms with Gasteiger partial charge < -0.3 is 4.74 Å². The second-order valence-electron chi connectivity index (χ2n) is 6.31. The predicted molar refractivity (Wildman–Crippen MR) is 98.3 cm³/mol. The summed E-state index contributed by atoms with van der Waals surface area (Å²) in [5.74, 6) is 0.884. The van der Waals surface area contributed by atoms with E-state index < -0.39 is 0 Å². The summed E-state index contributed by atoms with van der Waals surface area (Å²) in [4.78, 5) is 2.34. The Morgan fingerprint density at radius 3 is 2.54 bits per heavy atom. The summed E-state index contributed by atoms with van der Waals surface area (Å²) in [7, 11) is 0. The minimum absolute atomic E-state index is 0.228. The third-order valence-corrected chi connectivity index (χ3v) is 4.53. The Balaban J connectivity index is 1.91. The van der Waals surface area contributed by atoms with Crippen LogP contribution in [-0.2, 0) is 18.0 Å². The number of benzene rings is 1. The summed E-state index contributed by atoms with van der Waals surface area (Å²) < 4.78 is 10.5. The molecule has 24 heavy (non-hydrogen) atoms. The third kappa shape index (κ3) is 3.66. The molecule has 1 aromatic heterocycles. The van der Waals surface area contributed by atoms with Crippen LogP contribution >= 0.6 is 12.2 Å². The minimum atomic E-state index is 0.228. The van der Waals surface area contributed by atoms with Gasteiger partial charge in [-0.1, -0.05) is 36.4 Å². The highest BCUT2D eigenvalue weighted by molar-refractivity contribution is 7.71. The first-order valence-electron chi connectivity index (χ1n) is 8.30. The lowest BCUT2D eigenvalue weighted by atomic mass is 10.2. The van der Waals surface area contributed by atoms with Gasteiger partial charge in [0.15, 0.2) is 10.6 Å². The van der Waals surface area contributed by atoms with Crippen molar-refractivity contribution in [3.63, 3.8) is 0 Å². The molecule has 1 aromatic carbocycles. The van der Waals surface area contributed by atoms with Gasteiger partial charge in [-0.2, -0.15) is 5.10 Å². The molecule has 0 N–H and O–H groups in total. The molecule has 2 atom stereocenters. The maximum absolute atomic E-state index is 5.81. The molecule has 2 aromatic rings. The van der Waals surface area contributed by atoms with E-state index in [9.17, 15) is 0 Å². The Labute approximate surface area is 148 Å². The number of ether oxygens (including phenoxy) is 1. The van der Waals surface area contributed by atoms with Crippen molar-refractivity contribution in [2.75, 3.05) is 13.1 Å². The Morgan fingerprint density at radius 1 is 1.25 bits per heavy atom. The summed E-state index contributed by atoms with van der Waals surface area (Å²) in [6.07, 6.45) is 2.31. The molecule has 1 aliphatic heterocycles. The second-order valence-corrected chi connectivity index (χ2v) is 6.67. The van der Waals surface area contributed by atoms with Crippen molar-refractivity contribution in [3.05, 3.63) is 47.8 Å². The highest BCUT2D eigenvalue weighted by atomic mass is 32.1. The van der Waals surface area contributed by atoms with E-state index >= 15 is 0 Å². The smallest absolute Gasteiger partial charge is 0.199 e. The van der Waals surface area contributed by atoms with Crippen LogP contribution in [0.15, 0.2) is 43.0 Å². The minimum Gasteiger partial charge on any atom is -0.373 e. The highest BCUT2D eigenvalue weighted by Crippen LogP contribution is 2.19. The van der Waals surface area contributed by atoms with E-state index in [2.05, 4.69) is 37.5 Å². The van der Waals surface area contributed by atoms with Crippen LogP contribution in [0.25, 0.3) is 11.4 Å². The van der Waals surface area contributed by atoms with Gasteiger partial charge in [-0.25, -0.2) is 4.68 Å². The van der Waals surface area contributed by atoms with Crippen LogP contribution in [-0.4, -0.2) is 44.5 Å². The highest BCUT2D eigenvalue weighted by Gasteiger charge is 2.23. The van der Waals surface area contributed by atoms with E-state index in [0.717, 1.165) is 29.2 Å². The Bertz CT molecular complexity index is 742. The van der Waals surface area contributed by atoms with Gasteiger partial charge in [-0.05, 0) is 26.1 Å². The molecule has 0 unspecified atom stereocenters. The molecule has 5 nitrogen and oxygen atoms in total. The average molecular weight is 344 g/mol. The van der Waals surface area contributed by atoms with Gasteiger partial charge in [-0.3, -0.25) is 9.47 Å². The zero-order chi connectivity index (χ0) is 17.1. The Morgan fingerprint density at radius 2 is 1.92 bits per heavy atom. The molecular weight excluding hydrogens is 320 g/mol. The van der Waals surface area contributed by atoms with Gasteiger partial charge >= 0.3 is 0 Å². The normalized spacial score (nSPS) is 21.8. The molecule has 1 aliphatic rings. The Hall–Kier alpha value is -1.76. The molecule has 0 bridgehead atoms. The number of aromatic nitrogens is 3. The van der Waals surface area contributed by atoms with E-state index in [0.29, 0.717) is 13.2 Å². The number of hydrogen-bond acceptors (Lipinski definition) is 4. The third-order valence-electron chi connectivity index (χ3n) is 4.10. The van der Waals surface area contributed by atoms with Gasteiger partial charge in [0.05, 0.1) is 18.9 Å². The van der Waals surface area contributed by atoms with Crippen LogP contribution in [0.2, 0.25) is 0 Å². The van der Waals surface area contributed by atoms with Crippen molar-refractivity contribution >= 4 is 12.2 Å². The van der Waals surface area contributed by atoms with Gasteiger partial charge in [-0.15, -0.1) is 6.58 Å². The van der Waals surface area contributed by atoms with E-state index in [4.69, 9.17) is 22.1 Å². The maximum atomic E-state index is 5.81. The summed E-state index contributed by atoms with van der Waals surface area (Å²) in [5.41, 5.74) is 1.06. The summed E-state index contributed by atoms with van der Waals surface area (Å²) >= 11 is 5.66. The molecule has 3 rings (SSSR count). The van der Waals surface area contributed by atoms with E-state index in [1.165, 1.54) is 0 Å². The first-order valence-corrected chi connectivity index (χ1v) is 8.71. The lowest BCUT2D eigenvalue weighted by molar-refractivity contribution is -0.0777. The van der Waals surface area contributed by atoms with Crippen LogP contribution in [0.5, 0.6) is 0 Å². The molecule has 128 valence electrons. The lowest BCUT2D eigenvalue weighted by Crippen LogP contribution is -2.46. The quantitative estimate of drug-likeness (QED) is 0.616. The second kappa shape index (κ2) is 7.42. The van der Waals surface area contributed by atoms with Crippen LogP contribution in [0.3, 0.4) is 0 Å². The molecule has 0 aliphatic carbocycles. The standard InChI is InChI=1S/C18H24N4OS/c1-4-10-21-17(16-8-6-5-7-9-16)19-22(18(21)24)13-20-11-14(2)23-15(3)12-20/h4-9,14-15H,1,10-13H2,2-3H3/t14-,15-/m1/s1. The number of allylic oxidation sites excluding steroid dienone is 1. The fourth-order valence-corrected chi connectivity index (χ4v) is 3.48. The fraction of sp³-hybridized carbons (Fsp3) is 0.444. The van der Waals surface area contributed by atoms with Gasteiger partial charge in [0.25, 0.3) is 0 Å². The van der Waals surface area contributed by atoms with Crippen molar-refractivity contribution in [2.24, 2.45) is 0 Å². The summed E-state index contributed by atoms with van der Waals surface area (Å²) in [6.45, 7) is 11.2. The van der Waals surface area contributed by atoms with Crippen molar-refractivity contribution in [1.29, 1.82) is 0 Å². The maximum Gasteiger partial charge on any atom is 0.199 e. The topological polar surface area (TPSA) is 35.2 Å². The van der Waals surface area contributed by atoms with Crippen LogP contribution in [0.4, 0.5) is 0 Å². The van der Waals surface area contributed by atoms with E-state index in [-0.39, 0.29) is 12.2 Å². The van der Waals surface area contributed by atoms with Gasteiger partial charge in [0.2, 0.25) is 0 Å². The van der Waals surface area contributed by atoms with E-state index in [1.807, 2.05) is 33.5 Å². The van der Waals surface area contributed by atoms with Crippen LogP contribution in [0, 0.1) is 4.77 Å². The zero-order valence-corrected chi connectivity index (χ0v) is 15.1. The van der Waals surface area contributed by atoms with Gasteiger partial charge in [0, 0.05) is 25.2 Å². The zero-order valence-electron chi connectivity index (χ0n) is 14.3. The van der Waals surface area contributed by atoms with Crippen molar-refractivity contribution < 1.29 is 4.74 Å². The molecule has 0 spiro atoms. The number of hydrogen-bond donors (Lipinski definition) is 0. The predicted octanol–water partition coefficient (Wildman–Crippen LogP) is 3.33. The van der Waals surface area contributed by atoms with Crippen molar-refractivity contribution in [2.45, 2.75) is 39.3 Å². The average Bonchev–Trinajstić information content (AvgIpc) is 2.85. The van der Waals surface area contributed by atoms with Crippen LogP contribution < -0.4 is 0 Å². The lowest BCUT2D eigenvalue weighted by Gasteiger charge is -2.34. The monoisotopic (exact) mass is 344 g/mol. The molecule has 6 heteroatoms. The van der Waals surface area contributed by atoms with Gasteiger partial charge in [0.1, 0.15) is 0 Å².